The van der Waals surface area contributed by atoms with Gasteiger partial charge in [-0.25, -0.2) is 9.97 Å². The zero-order valence-electron chi connectivity index (χ0n) is 12.7. The van der Waals surface area contributed by atoms with Gasteiger partial charge in [-0.1, -0.05) is 12.1 Å². The second kappa shape index (κ2) is 6.62. The number of nitrogens with two attached hydrogens (primary N) is 2. The van der Waals surface area contributed by atoms with Crippen LogP contribution in [0, 0.1) is 0 Å². The fourth-order valence-corrected chi connectivity index (χ4v) is 2.51. The highest BCUT2D eigenvalue weighted by atomic mass is 16.5. The number of ether oxygens (including phenoxy) is 1. The molecule has 0 spiro atoms. The van der Waals surface area contributed by atoms with E-state index in [1.54, 1.807) is 24.4 Å². The largest absolute Gasteiger partial charge is 0.381 e. The second-order valence-corrected chi connectivity index (χ2v) is 5.47. The Kier molecular flexibility index (Phi) is 4.38. The first kappa shape index (κ1) is 15.2. The quantitative estimate of drug-likeness (QED) is 0.786. The molecular weight excluding hydrogens is 294 g/mol. The summed E-state index contributed by atoms with van der Waals surface area (Å²) in [6, 6.07) is 7.25. The van der Waals surface area contributed by atoms with Crippen LogP contribution in [-0.2, 0) is 4.74 Å². The van der Waals surface area contributed by atoms with Gasteiger partial charge in [0.1, 0.15) is 0 Å². The fraction of sp³-hybridized carbons (Fsp3) is 0.312. The first-order chi connectivity index (χ1) is 11.1. The third-order valence-corrected chi connectivity index (χ3v) is 3.81. The molecule has 2 heterocycles. The number of nitrogen functional groups attached to an aromatic ring is 1. The normalized spacial score (nSPS) is 15.3. The molecule has 1 amide bonds. The lowest BCUT2D eigenvalue weighted by molar-refractivity contribution is 0.0904. The molecule has 23 heavy (non-hydrogen) atoms. The highest BCUT2D eigenvalue weighted by molar-refractivity contribution is 5.94. The molecule has 0 radical (unpaired) electrons. The van der Waals surface area contributed by atoms with Gasteiger partial charge in [0, 0.05) is 30.4 Å². The SMILES string of the molecule is NC(=O)c1cccc(-c2cnc(N)c(NC3CCOCC3)n2)c1. The van der Waals surface area contributed by atoms with Crippen molar-refractivity contribution in [3.05, 3.63) is 36.0 Å². The van der Waals surface area contributed by atoms with Crippen molar-refractivity contribution in [3.8, 4) is 11.3 Å². The second-order valence-electron chi connectivity index (χ2n) is 5.47. The van der Waals surface area contributed by atoms with Crippen molar-refractivity contribution in [1.82, 2.24) is 9.97 Å². The number of anilines is 2. The van der Waals surface area contributed by atoms with Crippen LogP contribution in [0.25, 0.3) is 11.3 Å². The van der Waals surface area contributed by atoms with E-state index in [0.717, 1.165) is 31.6 Å². The van der Waals surface area contributed by atoms with Gasteiger partial charge in [0.15, 0.2) is 11.6 Å². The van der Waals surface area contributed by atoms with Gasteiger partial charge in [0.05, 0.1) is 11.9 Å². The molecule has 7 heteroatoms. The minimum absolute atomic E-state index is 0.271. The fourth-order valence-electron chi connectivity index (χ4n) is 2.51. The van der Waals surface area contributed by atoms with Crippen molar-refractivity contribution in [2.75, 3.05) is 24.3 Å². The monoisotopic (exact) mass is 313 g/mol. The number of hydrogen-bond acceptors (Lipinski definition) is 6. The van der Waals surface area contributed by atoms with Gasteiger partial charge in [-0.15, -0.1) is 0 Å². The summed E-state index contributed by atoms with van der Waals surface area (Å²) in [5.74, 6) is 0.431. The Morgan fingerprint density at radius 2 is 2.09 bits per heavy atom. The lowest BCUT2D eigenvalue weighted by Crippen LogP contribution is -2.28. The molecular formula is C16H19N5O2. The van der Waals surface area contributed by atoms with E-state index in [-0.39, 0.29) is 6.04 Å². The molecule has 1 aliphatic heterocycles. The third-order valence-electron chi connectivity index (χ3n) is 3.81. The van der Waals surface area contributed by atoms with E-state index in [4.69, 9.17) is 16.2 Å². The molecule has 0 unspecified atom stereocenters. The summed E-state index contributed by atoms with van der Waals surface area (Å²) in [6.07, 6.45) is 3.40. The summed E-state index contributed by atoms with van der Waals surface area (Å²) in [4.78, 5) is 20.1. The van der Waals surface area contributed by atoms with Crippen LogP contribution in [0.5, 0.6) is 0 Å². The van der Waals surface area contributed by atoms with Crippen LogP contribution in [0.15, 0.2) is 30.5 Å². The maximum absolute atomic E-state index is 11.3. The van der Waals surface area contributed by atoms with Gasteiger partial charge in [0.25, 0.3) is 0 Å². The number of aromatic nitrogens is 2. The van der Waals surface area contributed by atoms with Crippen LogP contribution < -0.4 is 16.8 Å². The van der Waals surface area contributed by atoms with Crippen LogP contribution in [-0.4, -0.2) is 35.1 Å². The molecule has 1 saturated heterocycles. The summed E-state index contributed by atoms with van der Waals surface area (Å²) < 4.78 is 5.35. The van der Waals surface area contributed by atoms with E-state index in [2.05, 4.69) is 15.3 Å². The minimum atomic E-state index is -0.476. The number of primary amides is 1. The van der Waals surface area contributed by atoms with Crippen molar-refractivity contribution in [3.63, 3.8) is 0 Å². The van der Waals surface area contributed by atoms with E-state index >= 15 is 0 Å². The number of nitrogens with one attached hydrogen (secondary N) is 1. The summed E-state index contributed by atoms with van der Waals surface area (Å²) >= 11 is 0. The van der Waals surface area contributed by atoms with Crippen LogP contribution in [0.4, 0.5) is 11.6 Å². The van der Waals surface area contributed by atoms with Gasteiger partial charge >= 0.3 is 0 Å². The molecule has 5 N–H and O–H groups in total. The molecule has 3 rings (SSSR count). The number of nitrogens with zero attached hydrogens (tertiary/aromatic N) is 2. The van der Waals surface area contributed by atoms with Crippen molar-refractivity contribution in [2.45, 2.75) is 18.9 Å². The lowest BCUT2D eigenvalue weighted by Gasteiger charge is -2.24. The van der Waals surface area contributed by atoms with Gasteiger partial charge in [-0.05, 0) is 25.0 Å². The average Bonchev–Trinajstić information content (AvgIpc) is 2.58. The number of hydrogen-bond donors (Lipinski definition) is 3. The van der Waals surface area contributed by atoms with Crippen LogP contribution in [0.3, 0.4) is 0 Å². The number of carbonyl (C=O) groups is 1. The third kappa shape index (κ3) is 3.57. The highest BCUT2D eigenvalue weighted by Crippen LogP contribution is 2.23. The molecule has 0 saturated carbocycles. The summed E-state index contributed by atoms with van der Waals surface area (Å²) in [5, 5.41) is 3.33. The maximum atomic E-state index is 11.3. The highest BCUT2D eigenvalue weighted by Gasteiger charge is 2.16. The molecule has 2 aromatic rings. The molecule has 120 valence electrons. The first-order valence-electron chi connectivity index (χ1n) is 7.50. The molecule has 1 fully saturated rings. The van der Waals surface area contributed by atoms with E-state index in [0.29, 0.717) is 22.9 Å². The number of benzene rings is 1. The predicted octanol–water partition coefficient (Wildman–Crippen LogP) is 1.42. The van der Waals surface area contributed by atoms with E-state index < -0.39 is 5.91 Å². The van der Waals surface area contributed by atoms with E-state index in [9.17, 15) is 4.79 Å². The van der Waals surface area contributed by atoms with Crippen molar-refractivity contribution < 1.29 is 9.53 Å². The van der Waals surface area contributed by atoms with E-state index in [1.807, 2.05) is 6.07 Å². The van der Waals surface area contributed by atoms with Gasteiger partial charge < -0.3 is 21.5 Å². The van der Waals surface area contributed by atoms with Gasteiger partial charge in [-0.3, -0.25) is 4.79 Å². The zero-order valence-corrected chi connectivity index (χ0v) is 12.7. The summed E-state index contributed by atoms with van der Waals surface area (Å²) in [5.41, 5.74) is 13.1. The van der Waals surface area contributed by atoms with Crippen LogP contribution in [0.2, 0.25) is 0 Å². The molecule has 0 bridgehead atoms. The molecule has 1 aliphatic rings. The Bertz CT molecular complexity index is 713. The molecule has 0 atom stereocenters. The number of amides is 1. The van der Waals surface area contributed by atoms with Crippen molar-refractivity contribution >= 4 is 17.5 Å². The summed E-state index contributed by atoms with van der Waals surface area (Å²) in [6.45, 7) is 1.46. The maximum Gasteiger partial charge on any atom is 0.248 e. The Balaban J connectivity index is 1.87. The van der Waals surface area contributed by atoms with Crippen LogP contribution >= 0.6 is 0 Å². The van der Waals surface area contributed by atoms with Crippen LogP contribution in [0.1, 0.15) is 23.2 Å². The minimum Gasteiger partial charge on any atom is -0.381 e. The molecule has 1 aromatic carbocycles. The topological polar surface area (TPSA) is 116 Å². The summed E-state index contributed by atoms with van der Waals surface area (Å²) in [7, 11) is 0. The zero-order chi connectivity index (χ0) is 16.2. The lowest BCUT2D eigenvalue weighted by atomic mass is 10.1. The number of carbonyl (C=O) groups excluding carboxylic acids is 1. The smallest absolute Gasteiger partial charge is 0.248 e. The average molecular weight is 313 g/mol. The Labute approximate surface area is 134 Å². The van der Waals surface area contributed by atoms with Gasteiger partial charge in [-0.2, -0.15) is 0 Å². The molecule has 1 aromatic heterocycles. The molecule has 0 aliphatic carbocycles. The molecule has 7 nitrogen and oxygen atoms in total. The Hall–Kier alpha value is -2.67. The predicted molar refractivity (Wildman–Crippen MR) is 87.9 cm³/mol. The first-order valence-corrected chi connectivity index (χ1v) is 7.50. The Morgan fingerprint density at radius 3 is 2.83 bits per heavy atom. The van der Waals surface area contributed by atoms with E-state index in [1.165, 1.54) is 0 Å². The Morgan fingerprint density at radius 1 is 1.30 bits per heavy atom. The van der Waals surface area contributed by atoms with Crippen molar-refractivity contribution in [2.24, 2.45) is 5.73 Å². The standard InChI is InChI=1S/C16H19N5O2/c17-14-16(20-12-4-6-23-7-5-12)21-13(9-19-14)10-2-1-3-11(8-10)15(18)22/h1-3,8-9,12H,4-7H2,(H2,17,19)(H2,18,22)(H,20,21). The van der Waals surface area contributed by atoms with Gasteiger partial charge in [0.2, 0.25) is 5.91 Å². The van der Waals surface area contributed by atoms with Crippen molar-refractivity contribution in [1.29, 1.82) is 0 Å². The number of rotatable bonds is 4.